The van der Waals surface area contributed by atoms with E-state index in [9.17, 15) is 10.2 Å². The molecule has 25 heavy (non-hydrogen) atoms. The molecule has 2 aromatic carbocycles. The Bertz CT molecular complexity index is 867. The van der Waals surface area contributed by atoms with Gasteiger partial charge < -0.3 is 10.2 Å². The van der Waals surface area contributed by atoms with E-state index in [1.807, 2.05) is 25.3 Å². The number of benzene rings is 2. The number of aromatic hydroxyl groups is 1. The van der Waals surface area contributed by atoms with E-state index in [-0.39, 0.29) is 11.9 Å². The second kappa shape index (κ2) is 7.95. The molecule has 128 valence electrons. The molecule has 1 unspecified atom stereocenters. The van der Waals surface area contributed by atoms with Crippen molar-refractivity contribution in [2.75, 3.05) is 0 Å². The Morgan fingerprint density at radius 1 is 1.04 bits per heavy atom. The SMILES string of the molecule is CC(O)CCCC=Cc1ccc2cc(-c3ccc(O)cc3)ncc2c1. The molecule has 0 aliphatic rings. The van der Waals surface area contributed by atoms with Crippen molar-refractivity contribution < 1.29 is 10.2 Å². The van der Waals surface area contributed by atoms with E-state index >= 15 is 0 Å². The molecule has 0 fully saturated rings. The smallest absolute Gasteiger partial charge is 0.115 e. The van der Waals surface area contributed by atoms with Gasteiger partial charge >= 0.3 is 0 Å². The second-order valence-corrected chi connectivity index (χ2v) is 6.41. The molecule has 0 aliphatic carbocycles. The molecule has 1 aromatic heterocycles. The summed E-state index contributed by atoms with van der Waals surface area (Å²) in [4.78, 5) is 4.54. The highest BCUT2D eigenvalue weighted by Crippen LogP contribution is 2.24. The first-order valence-corrected chi connectivity index (χ1v) is 8.65. The largest absolute Gasteiger partial charge is 0.508 e. The molecule has 0 bridgehead atoms. The van der Waals surface area contributed by atoms with Gasteiger partial charge in [-0.25, -0.2) is 0 Å². The van der Waals surface area contributed by atoms with Gasteiger partial charge in [-0.05, 0) is 73.5 Å². The first kappa shape index (κ1) is 17.2. The summed E-state index contributed by atoms with van der Waals surface area (Å²) in [6.45, 7) is 1.83. The lowest BCUT2D eigenvalue weighted by atomic mass is 10.0. The molecule has 3 heteroatoms. The highest BCUT2D eigenvalue weighted by molar-refractivity contribution is 5.87. The van der Waals surface area contributed by atoms with Crippen molar-refractivity contribution in [3.8, 4) is 17.0 Å². The van der Waals surface area contributed by atoms with Crippen LogP contribution in [0.1, 0.15) is 31.7 Å². The van der Waals surface area contributed by atoms with Gasteiger partial charge in [0.1, 0.15) is 5.75 Å². The number of aromatic nitrogens is 1. The molecule has 2 N–H and O–H groups in total. The number of allylic oxidation sites excluding steroid dienone is 1. The van der Waals surface area contributed by atoms with Crippen molar-refractivity contribution in [1.29, 1.82) is 0 Å². The Hall–Kier alpha value is -2.65. The van der Waals surface area contributed by atoms with Crippen LogP contribution < -0.4 is 0 Å². The third kappa shape index (κ3) is 4.68. The van der Waals surface area contributed by atoms with Crippen molar-refractivity contribution in [2.24, 2.45) is 0 Å². The lowest BCUT2D eigenvalue weighted by Crippen LogP contribution is -1.97. The van der Waals surface area contributed by atoms with E-state index in [1.54, 1.807) is 12.1 Å². The molecule has 0 spiro atoms. The summed E-state index contributed by atoms with van der Waals surface area (Å²) in [5, 5.41) is 20.9. The summed E-state index contributed by atoms with van der Waals surface area (Å²) in [5.74, 6) is 0.259. The Labute approximate surface area is 148 Å². The van der Waals surface area contributed by atoms with Crippen molar-refractivity contribution >= 4 is 16.8 Å². The Balaban J connectivity index is 1.74. The maximum absolute atomic E-state index is 9.40. The van der Waals surface area contributed by atoms with Gasteiger partial charge in [-0.15, -0.1) is 0 Å². The molecule has 0 radical (unpaired) electrons. The van der Waals surface area contributed by atoms with E-state index in [0.717, 1.165) is 46.9 Å². The summed E-state index contributed by atoms with van der Waals surface area (Å²) < 4.78 is 0. The van der Waals surface area contributed by atoms with Crippen LogP contribution >= 0.6 is 0 Å². The number of unbranched alkanes of at least 4 members (excludes halogenated alkanes) is 1. The van der Waals surface area contributed by atoms with Crippen LogP contribution in [-0.2, 0) is 0 Å². The van der Waals surface area contributed by atoms with Crippen LogP contribution in [-0.4, -0.2) is 21.3 Å². The number of fused-ring (bicyclic) bond motifs is 1. The van der Waals surface area contributed by atoms with Gasteiger partial charge in [-0.3, -0.25) is 4.98 Å². The van der Waals surface area contributed by atoms with Crippen LogP contribution in [0.2, 0.25) is 0 Å². The quantitative estimate of drug-likeness (QED) is 0.612. The maximum atomic E-state index is 9.40. The van der Waals surface area contributed by atoms with Crippen molar-refractivity contribution in [3.05, 3.63) is 66.4 Å². The first-order valence-electron chi connectivity index (χ1n) is 8.65. The van der Waals surface area contributed by atoms with Gasteiger partial charge in [0.15, 0.2) is 0 Å². The predicted octanol–water partition coefficient (Wildman–Crippen LogP) is 5.17. The van der Waals surface area contributed by atoms with Crippen LogP contribution in [0.25, 0.3) is 28.1 Å². The average molecular weight is 333 g/mol. The molecular weight excluding hydrogens is 310 g/mol. The molecular formula is C22H23NO2. The van der Waals surface area contributed by atoms with Crippen molar-refractivity contribution in [3.63, 3.8) is 0 Å². The molecule has 3 rings (SSSR count). The topological polar surface area (TPSA) is 53.4 Å². The summed E-state index contributed by atoms with van der Waals surface area (Å²) in [6, 6.07) is 15.5. The number of pyridine rings is 1. The normalized spacial score (nSPS) is 12.7. The summed E-state index contributed by atoms with van der Waals surface area (Å²) in [6.07, 6.45) is 8.76. The fraction of sp³-hybridized carbons (Fsp3) is 0.227. The number of hydrogen-bond acceptors (Lipinski definition) is 3. The zero-order valence-corrected chi connectivity index (χ0v) is 14.4. The molecule has 1 heterocycles. The molecule has 3 nitrogen and oxygen atoms in total. The van der Waals surface area contributed by atoms with Crippen LogP contribution in [0.3, 0.4) is 0 Å². The van der Waals surface area contributed by atoms with E-state index in [1.165, 1.54) is 0 Å². The van der Waals surface area contributed by atoms with Crippen LogP contribution in [0.5, 0.6) is 5.75 Å². The van der Waals surface area contributed by atoms with Crippen LogP contribution in [0.15, 0.2) is 60.8 Å². The first-order chi connectivity index (χ1) is 12.1. The second-order valence-electron chi connectivity index (χ2n) is 6.41. The molecule has 0 saturated carbocycles. The van der Waals surface area contributed by atoms with Crippen LogP contribution in [0, 0.1) is 0 Å². The fourth-order valence-corrected chi connectivity index (χ4v) is 2.80. The standard InChI is InChI=1S/C22H23NO2/c1-16(24)5-3-2-4-6-17-7-8-19-14-22(23-15-20(19)13-17)18-9-11-21(25)12-10-18/h4,6-16,24-25H,2-3,5H2,1H3. The minimum Gasteiger partial charge on any atom is -0.508 e. The monoisotopic (exact) mass is 333 g/mol. The summed E-state index contributed by atoms with van der Waals surface area (Å²) in [5.41, 5.74) is 3.04. The minimum absolute atomic E-state index is 0.220. The fourth-order valence-electron chi connectivity index (χ4n) is 2.80. The predicted molar refractivity (Wildman–Crippen MR) is 103 cm³/mol. The van der Waals surface area contributed by atoms with E-state index in [4.69, 9.17) is 0 Å². The molecule has 0 saturated heterocycles. The third-order valence-corrected chi connectivity index (χ3v) is 4.21. The van der Waals surface area contributed by atoms with Gasteiger partial charge in [0.05, 0.1) is 11.8 Å². The molecule has 1 atom stereocenters. The van der Waals surface area contributed by atoms with Gasteiger partial charge in [0.2, 0.25) is 0 Å². The van der Waals surface area contributed by atoms with Gasteiger partial charge in [0.25, 0.3) is 0 Å². The van der Waals surface area contributed by atoms with Gasteiger partial charge in [0, 0.05) is 17.1 Å². The number of hydrogen-bond donors (Lipinski definition) is 2. The zero-order chi connectivity index (χ0) is 17.6. The van der Waals surface area contributed by atoms with E-state index in [2.05, 4.69) is 41.4 Å². The number of rotatable bonds is 6. The summed E-state index contributed by atoms with van der Waals surface area (Å²) in [7, 11) is 0. The highest BCUT2D eigenvalue weighted by Gasteiger charge is 2.02. The summed E-state index contributed by atoms with van der Waals surface area (Å²) >= 11 is 0. The van der Waals surface area contributed by atoms with Crippen molar-refractivity contribution in [2.45, 2.75) is 32.3 Å². The number of nitrogens with zero attached hydrogens (tertiary/aromatic N) is 1. The van der Waals surface area contributed by atoms with E-state index < -0.39 is 0 Å². The third-order valence-electron chi connectivity index (χ3n) is 4.21. The van der Waals surface area contributed by atoms with Crippen molar-refractivity contribution in [1.82, 2.24) is 4.98 Å². The van der Waals surface area contributed by atoms with Gasteiger partial charge in [-0.2, -0.15) is 0 Å². The minimum atomic E-state index is -0.220. The van der Waals surface area contributed by atoms with Gasteiger partial charge in [-0.1, -0.05) is 24.3 Å². The molecule has 0 aliphatic heterocycles. The van der Waals surface area contributed by atoms with Crippen LogP contribution in [0.4, 0.5) is 0 Å². The number of aliphatic hydroxyl groups is 1. The maximum Gasteiger partial charge on any atom is 0.115 e. The average Bonchev–Trinajstić information content (AvgIpc) is 2.61. The number of aliphatic hydroxyl groups excluding tert-OH is 1. The number of phenolic OH excluding ortho intramolecular Hbond substituents is 1. The lowest BCUT2D eigenvalue weighted by Gasteiger charge is -2.05. The lowest BCUT2D eigenvalue weighted by molar-refractivity contribution is 0.182. The Morgan fingerprint density at radius 3 is 2.60 bits per heavy atom. The Kier molecular flexibility index (Phi) is 5.46. The Morgan fingerprint density at radius 2 is 1.84 bits per heavy atom. The molecule has 3 aromatic rings. The molecule has 0 amide bonds. The zero-order valence-electron chi connectivity index (χ0n) is 14.4. The highest BCUT2D eigenvalue weighted by atomic mass is 16.3. The number of phenols is 1. The van der Waals surface area contributed by atoms with E-state index in [0.29, 0.717) is 0 Å².